The van der Waals surface area contributed by atoms with Crippen molar-refractivity contribution in [3.05, 3.63) is 33.4 Å². The lowest BCUT2D eigenvalue weighted by atomic mass is 10.1. The number of hydrogen-bond donors (Lipinski definition) is 0. The summed E-state index contributed by atoms with van der Waals surface area (Å²) < 4.78 is 55.2. The van der Waals surface area contributed by atoms with Crippen LogP contribution in [0.2, 0.25) is 0 Å². The van der Waals surface area contributed by atoms with E-state index in [1.807, 2.05) is 0 Å². The molecule has 100 valence electrons. The van der Waals surface area contributed by atoms with Gasteiger partial charge >= 0.3 is 5.69 Å². The van der Waals surface area contributed by atoms with E-state index in [1.54, 1.807) is 0 Å². The summed E-state index contributed by atoms with van der Waals surface area (Å²) in [5.41, 5.74) is -1.51. The summed E-state index contributed by atoms with van der Waals surface area (Å²) in [6.07, 6.45) is -3.02. The van der Waals surface area contributed by atoms with Crippen LogP contribution in [0.1, 0.15) is 12.5 Å². The molecule has 0 saturated heterocycles. The number of nitro groups is 1. The number of halogens is 4. The first-order chi connectivity index (χ1) is 8.38. The molecule has 18 heavy (non-hydrogen) atoms. The van der Waals surface area contributed by atoms with Crippen LogP contribution in [-0.4, -0.2) is 18.0 Å². The normalized spacial score (nSPS) is 10.8. The van der Waals surface area contributed by atoms with Crippen molar-refractivity contribution in [2.75, 3.05) is 6.61 Å². The van der Waals surface area contributed by atoms with E-state index in [1.165, 1.54) is 6.92 Å². The van der Waals surface area contributed by atoms with Gasteiger partial charge in [-0.25, -0.2) is 13.2 Å². The highest BCUT2D eigenvalue weighted by Gasteiger charge is 2.27. The largest absolute Gasteiger partial charge is 0.484 e. The van der Waals surface area contributed by atoms with E-state index >= 15 is 0 Å². The van der Waals surface area contributed by atoms with Crippen molar-refractivity contribution in [2.45, 2.75) is 19.8 Å². The van der Waals surface area contributed by atoms with E-state index in [2.05, 4.69) is 4.74 Å². The predicted octanol–water partition coefficient (Wildman–Crippen LogP) is 3.08. The Hall–Kier alpha value is -1.86. The number of rotatable bonds is 5. The number of hydrogen-bond acceptors (Lipinski definition) is 3. The number of nitrogens with zero attached hydrogens (tertiary/aromatic N) is 1. The van der Waals surface area contributed by atoms with Crippen molar-refractivity contribution in [1.29, 1.82) is 0 Å². The molecule has 0 fully saturated rings. The fourth-order valence-corrected chi connectivity index (χ4v) is 1.42. The standard InChI is InChI=1S/C10H9F4NO3/c1-2-5-9(14)7(18-4-8(12)13)3-6(11)10(5)15(16)17/h3,8H,2,4H2,1H3. The maximum Gasteiger partial charge on any atom is 0.311 e. The first-order valence-electron chi connectivity index (χ1n) is 4.94. The van der Waals surface area contributed by atoms with E-state index in [-0.39, 0.29) is 6.42 Å². The average molecular weight is 267 g/mol. The van der Waals surface area contributed by atoms with Crippen molar-refractivity contribution in [2.24, 2.45) is 0 Å². The van der Waals surface area contributed by atoms with E-state index in [0.29, 0.717) is 6.07 Å². The lowest BCUT2D eigenvalue weighted by Crippen LogP contribution is -2.10. The van der Waals surface area contributed by atoms with Crippen molar-refractivity contribution in [1.82, 2.24) is 0 Å². The van der Waals surface area contributed by atoms with Gasteiger partial charge in [-0.2, -0.15) is 4.39 Å². The van der Waals surface area contributed by atoms with Gasteiger partial charge in [0.1, 0.15) is 6.61 Å². The molecule has 0 heterocycles. The highest BCUT2D eigenvalue weighted by molar-refractivity contribution is 5.48. The van der Waals surface area contributed by atoms with Crippen molar-refractivity contribution < 1.29 is 27.2 Å². The minimum atomic E-state index is -2.85. The van der Waals surface area contributed by atoms with Crippen LogP contribution in [0.4, 0.5) is 23.2 Å². The molecule has 0 aliphatic carbocycles. The second kappa shape index (κ2) is 5.65. The Morgan fingerprint density at radius 3 is 2.50 bits per heavy atom. The van der Waals surface area contributed by atoms with Gasteiger partial charge < -0.3 is 4.74 Å². The van der Waals surface area contributed by atoms with E-state index in [0.717, 1.165) is 0 Å². The van der Waals surface area contributed by atoms with Gasteiger partial charge in [-0.1, -0.05) is 6.92 Å². The van der Waals surface area contributed by atoms with Crippen LogP contribution in [-0.2, 0) is 6.42 Å². The van der Waals surface area contributed by atoms with Gasteiger partial charge in [-0.15, -0.1) is 0 Å². The van der Waals surface area contributed by atoms with E-state index < -0.39 is 46.6 Å². The molecule has 0 aliphatic heterocycles. The zero-order valence-corrected chi connectivity index (χ0v) is 9.25. The molecule has 1 aromatic carbocycles. The van der Waals surface area contributed by atoms with Gasteiger partial charge in [-0.05, 0) is 6.42 Å². The molecule has 1 aromatic rings. The zero-order chi connectivity index (χ0) is 13.9. The molecule has 8 heteroatoms. The van der Waals surface area contributed by atoms with E-state index in [9.17, 15) is 27.7 Å². The molecule has 0 atom stereocenters. The molecule has 0 unspecified atom stereocenters. The Balaban J connectivity index is 3.24. The highest BCUT2D eigenvalue weighted by Crippen LogP contribution is 2.32. The molecular formula is C10H9F4NO3. The third-order valence-corrected chi connectivity index (χ3v) is 2.15. The van der Waals surface area contributed by atoms with Crippen LogP contribution < -0.4 is 4.74 Å². The predicted molar refractivity (Wildman–Crippen MR) is 53.9 cm³/mol. The Labute approximate surface area is 99.3 Å². The van der Waals surface area contributed by atoms with Gasteiger partial charge in [0.15, 0.2) is 11.6 Å². The molecule has 4 nitrogen and oxygen atoms in total. The lowest BCUT2D eigenvalue weighted by molar-refractivity contribution is -0.388. The third-order valence-electron chi connectivity index (χ3n) is 2.15. The van der Waals surface area contributed by atoms with Crippen LogP contribution in [0.3, 0.4) is 0 Å². The molecule has 0 amide bonds. The Morgan fingerprint density at radius 2 is 2.06 bits per heavy atom. The Bertz CT molecular complexity index is 465. The summed E-state index contributed by atoms with van der Waals surface area (Å²) in [5, 5.41) is 10.6. The van der Waals surface area contributed by atoms with Crippen molar-refractivity contribution >= 4 is 5.69 Å². The number of benzene rings is 1. The first-order valence-corrected chi connectivity index (χ1v) is 4.94. The van der Waals surface area contributed by atoms with E-state index in [4.69, 9.17) is 0 Å². The Morgan fingerprint density at radius 1 is 1.44 bits per heavy atom. The summed E-state index contributed by atoms with van der Waals surface area (Å²) in [5.74, 6) is -3.26. The first kappa shape index (κ1) is 14.2. The second-order valence-corrected chi connectivity index (χ2v) is 3.31. The highest BCUT2D eigenvalue weighted by atomic mass is 19.3. The van der Waals surface area contributed by atoms with Crippen LogP contribution in [0.5, 0.6) is 5.75 Å². The summed E-state index contributed by atoms with van der Waals surface area (Å²) in [6.45, 7) is 0.263. The van der Waals surface area contributed by atoms with Gasteiger partial charge in [-0.3, -0.25) is 10.1 Å². The van der Waals surface area contributed by atoms with Crippen LogP contribution in [0.25, 0.3) is 0 Å². The number of nitro benzene ring substituents is 1. The molecular weight excluding hydrogens is 258 g/mol. The number of ether oxygens (including phenoxy) is 1. The monoisotopic (exact) mass is 267 g/mol. The van der Waals surface area contributed by atoms with Crippen LogP contribution in [0, 0.1) is 21.7 Å². The molecule has 0 radical (unpaired) electrons. The molecule has 0 N–H and O–H groups in total. The lowest BCUT2D eigenvalue weighted by Gasteiger charge is -2.10. The third kappa shape index (κ3) is 2.88. The molecule has 0 aliphatic rings. The minimum absolute atomic E-state index is 0.162. The van der Waals surface area contributed by atoms with Crippen LogP contribution >= 0.6 is 0 Å². The Kier molecular flexibility index (Phi) is 4.46. The fourth-order valence-electron chi connectivity index (χ4n) is 1.42. The number of alkyl halides is 2. The fraction of sp³-hybridized carbons (Fsp3) is 0.400. The van der Waals surface area contributed by atoms with Gasteiger partial charge in [0, 0.05) is 6.07 Å². The summed E-state index contributed by atoms with van der Waals surface area (Å²) in [7, 11) is 0. The van der Waals surface area contributed by atoms with Gasteiger partial charge in [0.25, 0.3) is 6.43 Å². The van der Waals surface area contributed by atoms with Crippen LogP contribution in [0.15, 0.2) is 6.07 Å². The average Bonchev–Trinajstić information content (AvgIpc) is 2.28. The topological polar surface area (TPSA) is 52.4 Å². The summed E-state index contributed by atoms with van der Waals surface area (Å²) in [4.78, 5) is 9.51. The van der Waals surface area contributed by atoms with Gasteiger partial charge in [0.05, 0.1) is 10.5 Å². The molecule has 0 saturated carbocycles. The second-order valence-electron chi connectivity index (χ2n) is 3.31. The maximum absolute atomic E-state index is 13.7. The smallest absolute Gasteiger partial charge is 0.311 e. The minimum Gasteiger partial charge on any atom is -0.484 e. The molecule has 1 rings (SSSR count). The molecule has 0 aromatic heterocycles. The maximum atomic E-state index is 13.7. The quantitative estimate of drug-likeness (QED) is 0.468. The zero-order valence-electron chi connectivity index (χ0n) is 9.25. The molecule has 0 spiro atoms. The molecule has 0 bridgehead atoms. The van der Waals surface area contributed by atoms with Crippen molar-refractivity contribution in [3.8, 4) is 5.75 Å². The van der Waals surface area contributed by atoms with Gasteiger partial charge in [0.2, 0.25) is 5.82 Å². The SMILES string of the molecule is CCc1c(F)c(OCC(F)F)cc(F)c1[N+](=O)[O-]. The summed E-state index contributed by atoms with van der Waals surface area (Å²) in [6, 6.07) is 0.398. The summed E-state index contributed by atoms with van der Waals surface area (Å²) >= 11 is 0. The van der Waals surface area contributed by atoms with Crippen molar-refractivity contribution in [3.63, 3.8) is 0 Å².